The van der Waals surface area contributed by atoms with E-state index < -0.39 is 25.1 Å². The second-order valence-electron chi connectivity index (χ2n) is 5.31. The third kappa shape index (κ3) is 5.10. The van der Waals surface area contributed by atoms with E-state index in [-0.39, 0.29) is 23.2 Å². The number of hydrogen-bond donors (Lipinski definition) is 1. The smallest absolute Gasteiger partial charge is 0.387 e. The summed E-state index contributed by atoms with van der Waals surface area (Å²) in [5, 5.41) is 9.78. The third-order valence-electron chi connectivity index (χ3n) is 3.32. The van der Waals surface area contributed by atoms with E-state index in [2.05, 4.69) is 20.3 Å². The molecule has 1 heterocycles. The molecule has 2 aromatic carbocycles. The van der Waals surface area contributed by atoms with Crippen molar-refractivity contribution in [1.29, 1.82) is 0 Å². The highest BCUT2D eigenvalue weighted by molar-refractivity contribution is 5.94. The number of aromatic nitrogens is 2. The Hall–Kier alpha value is -3.82. The topological polar surface area (TPSA) is 104 Å². The van der Waals surface area contributed by atoms with Gasteiger partial charge in [0.1, 0.15) is 5.75 Å². The highest BCUT2D eigenvalue weighted by Gasteiger charge is 2.15. The Morgan fingerprint density at radius 2 is 1.86 bits per heavy atom. The number of ether oxygens (including phenoxy) is 2. The summed E-state index contributed by atoms with van der Waals surface area (Å²) in [6, 6.07) is 13.8. The minimum absolute atomic E-state index is 0.0462. The molecule has 10 heteroatoms. The van der Waals surface area contributed by atoms with Gasteiger partial charge < -0.3 is 13.9 Å². The molecule has 0 saturated carbocycles. The molecule has 28 heavy (non-hydrogen) atoms. The van der Waals surface area contributed by atoms with Crippen LogP contribution in [0.5, 0.6) is 5.75 Å². The second-order valence-corrected chi connectivity index (χ2v) is 5.31. The second kappa shape index (κ2) is 8.71. The molecule has 0 aliphatic carbocycles. The Morgan fingerprint density at radius 3 is 2.61 bits per heavy atom. The number of nitrogens with zero attached hydrogens (tertiary/aromatic N) is 2. The number of anilines is 1. The normalized spacial score (nSPS) is 10.5. The van der Waals surface area contributed by atoms with Crippen molar-refractivity contribution in [2.75, 3.05) is 11.9 Å². The molecule has 0 aliphatic rings. The van der Waals surface area contributed by atoms with Crippen molar-refractivity contribution in [3.63, 3.8) is 0 Å². The molecule has 1 N–H and O–H groups in total. The van der Waals surface area contributed by atoms with Gasteiger partial charge in [-0.25, -0.2) is 4.79 Å². The number of hydrogen-bond acceptors (Lipinski definition) is 7. The van der Waals surface area contributed by atoms with Crippen LogP contribution in [0.15, 0.2) is 59.0 Å². The number of rotatable bonds is 7. The highest BCUT2D eigenvalue weighted by Crippen LogP contribution is 2.19. The maximum Gasteiger partial charge on any atom is 0.387 e. The summed E-state index contributed by atoms with van der Waals surface area (Å²) >= 11 is 0. The van der Waals surface area contributed by atoms with Gasteiger partial charge in [-0.3, -0.25) is 10.1 Å². The van der Waals surface area contributed by atoms with Crippen molar-refractivity contribution in [2.24, 2.45) is 0 Å². The summed E-state index contributed by atoms with van der Waals surface area (Å²) in [7, 11) is 0. The monoisotopic (exact) mass is 389 g/mol. The lowest BCUT2D eigenvalue weighted by atomic mass is 10.2. The van der Waals surface area contributed by atoms with Crippen LogP contribution in [-0.4, -0.2) is 35.3 Å². The first-order valence-corrected chi connectivity index (χ1v) is 7.92. The molecule has 3 rings (SSSR count). The van der Waals surface area contributed by atoms with Crippen LogP contribution in [0.3, 0.4) is 0 Å². The van der Waals surface area contributed by atoms with Crippen molar-refractivity contribution >= 4 is 17.9 Å². The van der Waals surface area contributed by atoms with Crippen molar-refractivity contribution in [3.8, 4) is 17.2 Å². The first kappa shape index (κ1) is 19.0. The molecule has 8 nitrogen and oxygen atoms in total. The first-order chi connectivity index (χ1) is 13.5. The van der Waals surface area contributed by atoms with Crippen LogP contribution in [0.2, 0.25) is 0 Å². The van der Waals surface area contributed by atoms with Gasteiger partial charge in [-0.15, -0.1) is 5.10 Å². The van der Waals surface area contributed by atoms with Gasteiger partial charge >= 0.3 is 18.6 Å². The summed E-state index contributed by atoms with van der Waals surface area (Å²) < 4.78 is 38.8. The molecule has 0 bridgehead atoms. The van der Waals surface area contributed by atoms with Gasteiger partial charge in [0, 0.05) is 5.56 Å². The lowest BCUT2D eigenvalue weighted by Gasteiger charge is -2.07. The summed E-state index contributed by atoms with van der Waals surface area (Å²) in [5.41, 5.74) is 0.628. The van der Waals surface area contributed by atoms with Crippen LogP contribution in [0.4, 0.5) is 14.8 Å². The third-order valence-corrected chi connectivity index (χ3v) is 3.32. The van der Waals surface area contributed by atoms with Crippen molar-refractivity contribution in [2.45, 2.75) is 6.61 Å². The van der Waals surface area contributed by atoms with E-state index >= 15 is 0 Å². The van der Waals surface area contributed by atoms with Gasteiger partial charge in [-0.05, 0) is 30.3 Å². The van der Waals surface area contributed by atoms with E-state index in [0.717, 1.165) is 6.07 Å². The van der Waals surface area contributed by atoms with Gasteiger partial charge in [0.15, 0.2) is 6.61 Å². The number of carbonyl (C=O) groups is 2. The van der Waals surface area contributed by atoms with E-state index in [1.807, 2.05) is 6.07 Å². The summed E-state index contributed by atoms with van der Waals surface area (Å²) in [4.78, 5) is 23.8. The van der Waals surface area contributed by atoms with Gasteiger partial charge in [-0.1, -0.05) is 29.4 Å². The zero-order valence-corrected chi connectivity index (χ0v) is 14.2. The Balaban J connectivity index is 1.53. The molecular formula is C18H13F2N3O5. The van der Waals surface area contributed by atoms with Crippen LogP contribution in [0.1, 0.15) is 10.4 Å². The molecule has 0 atom stereocenters. The number of halogens is 2. The Morgan fingerprint density at radius 1 is 1.07 bits per heavy atom. The number of carbonyl (C=O) groups excluding carboxylic acids is 2. The average molecular weight is 389 g/mol. The number of nitrogens with one attached hydrogen (secondary N) is 1. The summed E-state index contributed by atoms with van der Waals surface area (Å²) in [6.07, 6.45) is 0. The zero-order valence-electron chi connectivity index (χ0n) is 14.2. The van der Waals surface area contributed by atoms with Crippen LogP contribution in [-0.2, 0) is 9.53 Å². The summed E-state index contributed by atoms with van der Waals surface area (Å²) in [6.45, 7) is -3.66. The maximum atomic E-state index is 12.2. The summed E-state index contributed by atoms with van der Waals surface area (Å²) in [5.74, 6) is -1.58. The van der Waals surface area contributed by atoms with Crippen molar-refractivity contribution in [1.82, 2.24) is 10.2 Å². The molecule has 144 valence electrons. The molecule has 0 unspecified atom stereocenters. The van der Waals surface area contributed by atoms with Crippen molar-refractivity contribution in [3.05, 3.63) is 60.2 Å². The lowest BCUT2D eigenvalue weighted by Crippen LogP contribution is -2.21. The molecule has 0 aliphatic heterocycles. The minimum Gasteiger partial charge on any atom is -0.452 e. The lowest BCUT2D eigenvalue weighted by molar-refractivity contribution is -0.119. The molecule has 1 aromatic heterocycles. The van der Waals surface area contributed by atoms with Gasteiger partial charge in [-0.2, -0.15) is 8.78 Å². The SMILES string of the molecule is O=C(COC(=O)c1cccc(OC(F)F)c1)Nc1nnc(-c2ccccc2)o1. The fourth-order valence-corrected chi connectivity index (χ4v) is 2.14. The largest absolute Gasteiger partial charge is 0.452 e. The first-order valence-electron chi connectivity index (χ1n) is 7.92. The van der Waals surface area contributed by atoms with Crippen LogP contribution < -0.4 is 10.1 Å². The fourth-order valence-electron chi connectivity index (χ4n) is 2.14. The van der Waals surface area contributed by atoms with E-state index in [4.69, 9.17) is 9.15 Å². The number of amides is 1. The van der Waals surface area contributed by atoms with E-state index in [9.17, 15) is 18.4 Å². The van der Waals surface area contributed by atoms with Gasteiger partial charge in [0.05, 0.1) is 5.56 Å². The van der Waals surface area contributed by atoms with Crippen LogP contribution in [0.25, 0.3) is 11.5 Å². The molecule has 0 fully saturated rings. The van der Waals surface area contributed by atoms with E-state index in [1.165, 1.54) is 18.2 Å². The number of alkyl halides is 2. The maximum absolute atomic E-state index is 12.2. The zero-order chi connectivity index (χ0) is 19.9. The minimum atomic E-state index is -3.02. The standard InChI is InChI=1S/C18H13F2N3O5/c19-17(20)27-13-8-4-7-12(9-13)16(25)26-10-14(24)21-18-23-22-15(28-18)11-5-2-1-3-6-11/h1-9,17H,10H2,(H,21,23,24). The molecular weight excluding hydrogens is 376 g/mol. The highest BCUT2D eigenvalue weighted by atomic mass is 19.3. The number of benzene rings is 2. The Bertz CT molecular complexity index is 963. The Kier molecular flexibility index (Phi) is 5.90. The predicted octanol–water partition coefficient (Wildman–Crippen LogP) is 3.13. The van der Waals surface area contributed by atoms with E-state index in [1.54, 1.807) is 24.3 Å². The molecule has 0 radical (unpaired) electrons. The predicted molar refractivity (Wildman–Crippen MR) is 91.7 cm³/mol. The van der Waals surface area contributed by atoms with Crippen LogP contribution in [0, 0.1) is 0 Å². The molecule has 0 spiro atoms. The molecule has 3 aromatic rings. The average Bonchev–Trinajstić information content (AvgIpc) is 3.15. The molecule has 0 saturated heterocycles. The fraction of sp³-hybridized carbons (Fsp3) is 0.111. The number of esters is 1. The Labute approximate surface area is 157 Å². The van der Waals surface area contributed by atoms with E-state index in [0.29, 0.717) is 5.56 Å². The quantitative estimate of drug-likeness (QED) is 0.619. The molecule has 1 amide bonds. The van der Waals surface area contributed by atoms with Crippen molar-refractivity contribution < 1.29 is 32.3 Å². The van der Waals surface area contributed by atoms with Gasteiger partial charge in [0.2, 0.25) is 5.89 Å². The van der Waals surface area contributed by atoms with Gasteiger partial charge in [0.25, 0.3) is 5.91 Å². The van der Waals surface area contributed by atoms with Crippen LogP contribution >= 0.6 is 0 Å².